The highest BCUT2D eigenvalue weighted by Gasteiger charge is 2.77. The molecule has 6 atom stereocenters. The van der Waals surface area contributed by atoms with E-state index in [2.05, 4.69) is 6.08 Å². The molecule has 0 aromatic carbocycles. The molecule has 1 aliphatic heterocycles. The summed E-state index contributed by atoms with van der Waals surface area (Å²) < 4.78 is 22.7. The fraction of sp³-hybridized carbons (Fsp3) is 0.739. The Bertz CT molecular complexity index is 847. The third-order valence-electron chi connectivity index (χ3n) is 8.15. The average molecular weight is 437 g/mol. The van der Waals surface area contributed by atoms with Crippen molar-refractivity contribution < 1.29 is 38.7 Å². The third kappa shape index (κ3) is 2.77. The summed E-state index contributed by atoms with van der Waals surface area (Å²) in [7, 11) is 2.86. The predicted molar refractivity (Wildman–Crippen MR) is 109 cm³/mol. The Morgan fingerprint density at radius 2 is 2.06 bits per heavy atom. The van der Waals surface area contributed by atoms with Gasteiger partial charge in [-0.3, -0.25) is 4.79 Å². The number of aliphatic hydroxyl groups excluding tert-OH is 1. The summed E-state index contributed by atoms with van der Waals surface area (Å²) in [6.07, 6.45) is 3.28. The fourth-order valence-corrected chi connectivity index (χ4v) is 6.89. The van der Waals surface area contributed by atoms with Gasteiger partial charge in [0, 0.05) is 31.8 Å². The molecule has 0 unspecified atom stereocenters. The highest BCUT2D eigenvalue weighted by atomic mass is 16.7. The monoisotopic (exact) mass is 436 g/mol. The standard InChI is InChI=1S/C23H32O8/c1-5-30-19(25)15-10-14-11-22(29-4)23(20(26)28-3)16(8-9-31-22)13(2)6-7-18(23)21(14,27)12-17(15)24/h6,14,16,18,24,27H,5,7-12H2,1-4H3/t14-,16+,18-,21+,22+,23-/m0/s1. The molecule has 0 aromatic rings. The van der Waals surface area contributed by atoms with Crippen LogP contribution >= 0.6 is 0 Å². The topological polar surface area (TPSA) is 112 Å². The predicted octanol–water partition coefficient (Wildman–Crippen LogP) is 2.41. The van der Waals surface area contributed by atoms with E-state index >= 15 is 0 Å². The van der Waals surface area contributed by atoms with Crippen molar-refractivity contribution in [3.05, 3.63) is 23.0 Å². The van der Waals surface area contributed by atoms with Crippen LogP contribution in [0.4, 0.5) is 0 Å². The molecule has 4 rings (SSSR count). The number of esters is 2. The van der Waals surface area contributed by atoms with Crippen molar-refractivity contribution >= 4 is 11.9 Å². The van der Waals surface area contributed by atoms with Gasteiger partial charge in [-0.25, -0.2) is 4.79 Å². The van der Waals surface area contributed by atoms with Crippen molar-refractivity contribution in [2.75, 3.05) is 27.4 Å². The normalized spacial score (nSPS) is 41.6. The van der Waals surface area contributed by atoms with Gasteiger partial charge in [0.2, 0.25) is 0 Å². The Morgan fingerprint density at radius 3 is 2.71 bits per heavy atom. The van der Waals surface area contributed by atoms with Gasteiger partial charge in [-0.2, -0.15) is 0 Å². The molecular formula is C23H32O8. The molecule has 8 nitrogen and oxygen atoms in total. The van der Waals surface area contributed by atoms with Crippen molar-refractivity contribution in [3.8, 4) is 0 Å². The largest absolute Gasteiger partial charge is 0.512 e. The zero-order valence-corrected chi connectivity index (χ0v) is 18.6. The highest BCUT2D eigenvalue weighted by molar-refractivity contribution is 5.89. The quantitative estimate of drug-likeness (QED) is 0.511. The number of carbonyl (C=O) groups excluding carboxylic acids is 2. The second-order valence-corrected chi connectivity index (χ2v) is 9.16. The van der Waals surface area contributed by atoms with Crippen LogP contribution in [0.5, 0.6) is 0 Å². The van der Waals surface area contributed by atoms with Crippen LogP contribution in [-0.4, -0.2) is 61.0 Å². The summed E-state index contributed by atoms with van der Waals surface area (Å²) >= 11 is 0. The van der Waals surface area contributed by atoms with Crippen LogP contribution in [-0.2, 0) is 28.5 Å². The smallest absolute Gasteiger partial charge is 0.337 e. The van der Waals surface area contributed by atoms with Crippen molar-refractivity contribution in [1.82, 2.24) is 0 Å². The number of rotatable bonds is 4. The Balaban J connectivity index is 1.90. The first-order valence-corrected chi connectivity index (χ1v) is 11.0. The first kappa shape index (κ1) is 22.3. The molecule has 3 aliphatic carbocycles. The lowest BCUT2D eigenvalue weighted by molar-refractivity contribution is -0.376. The van der Waals surface area contributed by atoms with E-state index in [1.54, 1.807) is 6.92 Å². The number of carbonyl (C=O) groups is 2. The molecule has 1 saturated heterocycles. The Labute approximate surface area is 182 Å². The minimum absolute atomic E-state index is 0.122. The molecule has 0 bridgehead atoms. The van der Waals surface area contributed by atoms with Crippen molar-refractivity contribution in [2.24, 2.45) is 23.2 Å². The first-order chi connectivity index (χ1) is 14.7. The van der Waals surface area contributed by atoms with Gasteiger partial charge in [0.05, 0.1) is 31.5 Å². The molecule has 0 spiro atoms. The number of ether oxygens (including phenoxy) is 4. The van der Waals surface area contributed by atoms with E-state index in [9.17, 15) is 19.8 Å². The van der Waals surface area contributed by atoms with E-state index in [0.29, 0.717) is 19.4 Å². The Kier molecular flexibility index (Phi) is 5.47. The van der Waals surface area contributed by atoms with E-state index in [4.69, 9.17) is 18.9 Å². The second kappa shape index (κ2) is 7.60. The van der Waals surface area contributed by atoms with E-state index < -0.39 is 40.6 Å². The minimum Gasteiger partial charge on any atom is -0.512 e. The summed E-state index contributed by atoms with van der Waals surface area (Å²) in [5.41, 5.74) is -1.45. The van der Waals surface area contributed by atoms with Crippen LogP contribution in [0.15, 0.2) is 23.0 Å². The molecule has 0 radical (unpaired) electrons. The van der Waals surface area contributed by atoms with Gasteiger partial charge < -0.3 is 29.2 Å². The summed E-state index contributed by atoms with van der Waals surface area (Å²) in [5, 5.41) is 22.8. The van der Waals surface area contributed by atoms with Crippen molar-refractivity contribution in [1.29, 1.82) is 0 Å². The summed E-state index contributed by atoms with van der Waals surface area (Å²) in [4.78, 5) is 26.0. The summed E-state index contributed by atoms with van der Waals surface area (Å²) in [5.74, 6) is -3.81. The summed E-state index contributed by atoms with van der Waals surface area (Å²) in [6.45, 7) is 4.29. The van der Waals surface area contributed by atoms with E-state index in [1.807, 2.05) is 6.92 Å². The molecular weight excluding hydrogens is 404 g/mol. The van der Waals surface area contributed by atoms with Crippen LogP contribution in [0.1, 0.15) is 46.0 Å². The van der Waals surface area contributed by atoms with Crippen LogP contribution in [0.3, 0.4) is 0 Å². The maximum Gasteiger partial charge on any atom is 0.337 e. The van der Waals surface area contributed by atoms with Gasteiger partial charge in [-0.15, -0.1) is 0 Å². The fourth-order valence-electron chi connectivity index (χ4n) is 6.89. The Morgan fingerprint density at radius 1 is 1.32 bits per heavy atom. The number of aliphatic hydroxyl groups is 2. The lowest BCUT2D eigenvalue weighted by Gasteiger charge is -2.67. The van der Waals surface area contributed by atoms with Gasteiger partial charge in [-0.05, 0) is 39.0 Å². The summed E-state index contributed by atoms with van der Waals surface area (Å²) in [6, 6.07) is 0. The zero-order valence-electron chi connectivity index (χ0n) is 18.6. The first-order valence-electron chi connectivity index (χ1n) is 11.0. The van der Waals surface area contributed by atoms with Crippen LogP contribution in [0, 0.1) is 23.2 Å². The molecule has 2 fully saturated rings. The van der Waals surface area contributed by atoms with Gasteiger partial charge in [-0.1, -0.05) is 11.6 Å². The van der Waals surface area contributed by atoms with Crippen molar-refractivity contribution in [3.63, 3.8) is 0 Å². The molecule has 8 heteroatoms. The van der Waals surface area contributed by atoms with Gasteiger partial charge in [0.15, 0.2) is 5.79 Å². The van der Waals surface area contributed by atoms with Crippen LogP contribution < -0.4 is 0 Å². The molecule has 4 aliphatic rings. The molecule has 0 aromatic heterocycles. The van der Waals surface area contributed by atoms with Crippen LogP contribution in [0.25, 0.3) is 0 Å². The SMILES string of the molecule is CCOC(=O)C1=C(O)C[C@@]2(O)[C@@H](C1)C[C@@]1(OC)OCC[C@@H]3C(C)=CC[C@@H]2[C@]31C(=O)OC. The third-order valence-corrected chi connectivity index (χ3v) is 8.15. The molecule has 1 saturated carbocycles. The van der Waals surface area contributed by atoms with E-state index in [1.165, 1.54) is 14.2 Å². The molecule has 31 heavy (non-hydrogen) atoms. The minimum atomic E-state index is -1.42. The van der Waals surface area contributed by atoms with E-state index in [0.717, 1.165) is 5.57 Å². The molecule has 1 heterocycles. The second-order valence-electron chi connectivity index (χ2n) is 9.16. The van der Waals surface area contributed by atoms with Gasteiger partial charge >= 0.3 is 11.9 Å². The molecule has 0 amide bonds. The molecule has 2 N–H and O–H groups in total. The maximum atomic E-state index is 13.5. The number of hydrogen-bond acceptors (Lipinski definition) is 8. The molecule has 172 valence electrons. The van der Waals surface area contributed by atoms with E-state index in [-0.39, 0.29) is 43.1 Å². The number of hydrogen-bond donors (Lipinski definition) is 2. The maximum absolute atomic E-state index is 13.5. The van der Waals surface area contributed by atoms with Gasteiger partial charge in [0.1, 0.15) is 11.2 Å². The highest BCUT2D eigenvalue weighted by Crippen LogP contribution is 2.68. The lowest BCUT2D eigenvalue weighted by atomic mass is 9.42. The lowest BCUT2D eigenvalue weighted by Crippen LogP contribution is -2.76. The number of fused-ring (bicyclic) bond motifs is 2. The van der Waals surface area contributed by atoms with Gasteiger partial charge in [0.25, 0.3) is 0 Å². The average Bonchev–Trinajstić information content (AvgIpc) is 2.75. The van der Waals surface area contributed by atoms with Crippen molar-refractivity contribution in [2.45, 2.75) is 57.3 Å². The Hall–Kier alpha value is -1.90. The number of methoxy groups -OCH3 is 2. The number of allylic oxidation sites excluding steroid dienone is 2. The van der Waals surface area contributed by atoms with Crippen LogP contribution in [0.2, 0.25) is 0 Å². The zero-order chi connectivity index (χ0) is 22.6.